The number of carbonyl (C=O) groups is 1. The molecule has 0 radical (unpaired) electrons. The van der Waals surface area contributed by atoms with Crippen molar-refractivity contribution in [2.75, 3.05) is 5.32 Å². The SMILES string of the molecule is Cc1ccc(-c2csc(NC(=O)c3cc(-c4ccc(Br)cc4)nc4ccc(Cl)cc34)n2)cc1. The highest BCUT2D eigenvalue weighted by atomic mass is 79.9. The number of anilines is 1. The molecule has 5 rings (SSSR count). The molecule has 4 nitrogen and oxygen atoms in total. The number of hydrogen-bond acceptors (Lipinski definition) is 4. The van der Waals surface area contributed by atoms with Gasteiger partial charge < -0.3 is 0 Å². The zero-order valence-electron chi connectivity index (χ0n) is 17.5. The summed E-state index contributed by atoms with van der Waals surface area (Å²) in [6, 6.07) is 23.1. The number of carbonyl (C=O) groups excluding carboxylic acids is 1. The van der Waals surface area contributed by atoms with Crippen LogP contribution in [0.5, 0.6) is 0 Å². The van der Waals surface area contributed by atoms with Crippen LogP contribution in [0, 0.1) is 6.92 Å². The first kappa shape index (κ1) is 21.8. The number of aryl methyl sites for hydroxylation is 1. The molecule has 7 heteroatoms. The Bertz CT molecular complexity index is 1480. The van der Waals surface area contributed by atoms with Crippen LogP contribution in [0.3, 0.4) is 0 Å². The van der Waals surface area contributed by atoms with E-state index in [-0.39, 0.29) is 5.91 Å². The number of aromatic nitrogens is 2. The predicted molar refractivity (Wildman–Crippen MR) is 140 cm³/mol. The summed E-state index contributed by atoms with van der Waals surface area (Å²) >= 11 is 11.1. The Balaban J connectivity index is 1.51. The summed E-state index contributed by atoms with van der Waals surface area (Å²) in [5, 5.41) is 6.66. The third-order valence-electron chi connectivity index (χ3n) is 5.23. The van der Waals surface area contributed by atoms with Crippen LogP contribution < -0.4 is 5.32 Å². The highest BCUT2D eigenvalue weighted by Crippen LogP contribution is 2.30. The molecular weight excluding hydrogens is 518 g/mol. The van der Waals surface area contributed by atoms with E-state index in [1.54, 1.807) is 18.2 Å². The predicted octanol–water partition coefficient (Wildman–Crippen LogP) is 8.00. The van der Waals surface area contributed by atoms with Crippen molar-refractivity contribution >= 4 is 60.8 Å². The van der Waals surface area contributed by atoms with Gasteiger partial charge in [0.25, 0.3) is 5.91 Å². The van der Waals surface area contributed by atoms with E-state index in [2.05, 4.69) is 26.2 Å². The van der Waals surface area contributed by atoms with Crippen LogP contribution in [0.15, 0.2) is 82.6 Å². The summed E-state index contributed by atoms with van der Waals surface area (Å²) in [6.07, 6.45) is 0. The number of halogens is 2. The smallest absolute Gasteiger partial charge is 0.258 e. The maximum atomic E-state index is 13.3. The molecule has 1 N–H and O–H groups in total. The summed E-state index contributed by atoms with van der Waals surface area (Å²) in [4.78, 5) is 22.7. The second-order valence-corrected chi connectivity index (χ2v) is 9.79. The van der Waals surface area contributed by atoms with Gasteiger partial charge in [-0.2, -0.15) is 0 Å². The molecule has 0 aliphatic rings. The van der Waals surface area contributed by atoms with E-state index in [0.29, 0.717) is 32.3 Å². The summed E-state index contributed by atoms with van der Waals surface area (Å²) in [5.74, 6) is -0.257. The van der Waals surface area contributed by atoms with Gasteiger partial charge in [-0.3, -0.25) is 10.1 Å². The van der Waals surface area contributed by atoms with Crippen molar-refractivity contribution in [1.29, 1.82) is 0 Å². The molecule has 162 valence electrons. The highest BCUT2D eigenvalue weighted by molar-refractivity contribution is 9.10. The minimum Gasteiger partial charge on any atom is -0.298 e. The first-order valence-electron chi connectivity index (χ1n) is 10.2. The van der Waals surface area contributed by atoms with E-state index in [1.807, 2.05) is 66.9 Å². The maximum Gasteiger partial charge on any atom is 0.258 e. The van der Waals surface area contributed by atoms with Crippen LogP contribution in [-0.2, 0) is 0 Å². The lowest BCUT2D eigenvalue weighted by atomic mass is 10.0. The van der Waals surface area contributed by atoms with Crippen LogP contribution in [0.4, 0.5) is 5.13 Å². The van der Waals surface area contributed by atoms with Gasteiger partial charge in [0.2, 0.25) is 0 Å². The normalized spacial score (nSPS) is 11.0. The molecule has 0 saturated carbocycles. The van der Waals surface area contributed by atoms with Gasteiger partial charge in [-0.05, 0) is 43.3 Å². The Morgan fingerprint density at radius 2 is 1.61 bits per heavy atom. The van der Waals surface area contributed by atoms with E-state index in [1.165, 1.54) is 16.9 Å². The van der Waals surface area contributed by atoms with Gasteiger partial charge in [0, 0.05) is 31.4 Å². The second kappa shape index (κ2) is 9.06. The van der Waals surface area contributed by atoms with Crippen molar-refractivity contribution in [2.24, 2.45) is 0 Å². The largest absolute Gasteiger partial charge is 0.298 e. The number of rotatable bonds is 4. The monoisotopic (exact) mass is 533 g/mol. The van der Waals surface area contributed by atoms with E-state index in [0.717, 1.165) is 21.3 Å². The lowest BCUT2D eigenvalue weighted by molar-refractivity contribution is 0.102. The molecule has 1 amide bonds. The minimum absolute atomic E-state index is 0.257. The Morgan fingerprint density at radius 3 is 2.36 bits per heavy atom. The molecule has 0 bridgehead atoms. The van der Waals surface area contributed by atoms with Crippen molar-refractivity contribution in [1.82, 2.24) is 9.97 Å². The number of nitrogens with zero attached hydrogens (tertiary/aromatic N) is 2. The summed E-state index contributed by atoms with van der Waals surface area (Å²) < 4.78 is 0.977. The summed E-state index contributed by atoms with van der Waals surface area (Å²) in [7, 11) is 0. The molecule has 0 atom stereocenters. The lowest BCUT2D eigenvalue weighted by Gasteiger charge is -2.10. The molecule has 0 aliphatic heterocycles. The van der Waals surface area contributed by atoms with Crippen molar-refractivity contribution in [2.45, 2.75) is 6.92 Å². The standard InChI is InChI=1S/C26H17BrClN3OS/c1-15-2-4-17(5-3-15)24-14-33-26(30-24)31-25(32)21-13-23(16-6-8-18(27)9-7-16)29-22-11-10-19(28)12-20(21)22/h2-14H,1H3,(H,30,31,32). The summed E-state index contributed by atoms with van der Waals surface area (Å²) in [6.45, 7) is 2.05. The zero-order chi connectivity index (χ0) is 22.9. The van der Waals surface area contributed by atoms with Crippen molar-refractivity contribution in [3.05, 3.63) is 98.8 Å². The molecule has 2 aromatic heterocycles. The third-order valence-corrected chi connectivity index (χ3v) is 6.75. The van der Waals surface area contributed by atoms with Crippen LogP contribution >= 0.6 is 38.9 Å². The average Bonchev–Trinajstić information content (AvgIpc) is 3.27. The molecule has 0 saturated heterocycles. The fourth-order valence-corrected chi connectivity index (χ4v) is 4.66. The van der Waals surface area contributed by atoms with E-state index >= 15 is 0 Å². The van der Waals surface area contributed by atoms with Crippen LogP contribution in [0.2, 0.25) is 5.02 Å². The molecule has 0 fully saturated rings. The first-order chi connectivity index (χ1) is 16.0. The fourth-order valence-electron chi connectivity index (χ4n) is 3.51. The number of fused-ring (bicyclic) bond motifs is 1. The van der Waals surface area contributed by atoms with Gasteiger partial charge in [0.1, 0.15) is 0 Å². The van der Waals surface area contributed by atoms with Crippen molar-refractivity contribution in [3.8, 4) is 22.5 Å². The van der Waals surface area contributed by atoms with Gasteiger partial charge in [0.15, 0.2) is 5.13 Å². The van der Waals surface area contributed by atoms with Crippen LogP contribution in [0.25, 0.3) is 33.4 Å². The maximum absolute atomic E-state index is 13.3. The van der Waals surface area contributed by atoms with Crippen LogP contribution in [0.1, 0.15) is 15.9 Å². The molecule has 0 unspecified atom stereocenters. The number of thiazole rings is 1. The quantitative estimate of drug-likeness (QED) is 0.254. The zero-order valence-corrected chi connectivity index (χ0v) is 20.6. The Labute approximate surface area is 208 Å². The fraction of sp³-hybridized carbons (Fsp3) is 0.0385. The van der Waals surface area contributed by atoms with E-state index < -0.39 is 0 Å². The lowest BCUT2D eigenvalue weighted by Crippen LogP contribution is -2.13. The molecule has 33 heavy (non-hydrogen) atoms. The van der Waals surface area contributed by atoms with Gasteiger partial charge >= 0.3 is 0 Å². The Morgan fingerprint density at radius 1 is 0.909 bits per heavy atom. The van der Waals surface area contributed by atoms with Gasteiger partial charge in [-0.1, -0.05) is 69.5 Å². The first-order valence-corrected chi connectivity index (χ1v) is 12.2. The minimum atomic E-state index is -0.257. The number of nitrogens with one attached hydrogen (secondary N) is 1. The molecule has 5 aromatic rings. The van der Waals surface area contributed by atoms with Crippen molar-refractivity contribution in [3.63, 3.8) is 0 Å². The average molecular weight is 535 g/mol. The Hall–Kier alpha value is -3.06. The number of hydrogen-bond donors (Lipinski definition) is 1. The van der Waals surface area contributed by atoms with Crippen molar-refractivity contribution < 1.29 is 4.79 Å². The van der Waals surface area contributed by atoms with Gasteiger partial charge in [-0.15, -0.1) is 11.3 Å². The van der Waals surface area contributed by atoms with E-state index in [4.69, 9.17) is 16.6 Å². The van der Waals surface area contributed by atoms with Gasteiger partial charge in [0.05, 0.1) is 22.5 Å². The summed E-state index contributed by atoms with van der Waals surface area (Å²) in [5.41, 5.74) is 5.84. The molecule has 0 aliphatic carbocycles. The molecule has 0 spiro atoms. The number of amides is 1. The second-order valence-electron chi connectivity index (χ2n) is 7.58. The number of pyridine rings is 1. The highest BCUT2D eigenvalue weighted by Gasteiger charge is 2.16. The molecule has 3 aromatic carbocycles. The number of benzene rings is 3. The molecule has 2 heterocycles. The molecular formula is C26H17BrClN3OS. The van der Waals surface area contributed by atoms with Crippen LogP contribution in [-0.4, -0.2) is 15.9 Å². The topological polar surface area (TPSA) is 54.9 Å². The van der Waals surface area contributed by atoms with E-state index in [9.17, 15) is 4.79 Å². The third kappa shape index (κ3) is 4.69. The van der Waals surface area contributed by atoms with Gasteiger partial charge in [-0.25, -0.2) is 9.97 Å². The Kier molecular flexibility index (Phi) is 5.98.